The van der Waals surface area contributed by atoms with Crippen molar-refractivity contribution < 1.29 is 26.9 Å². The number of benzene rings is 3. The zero-order valence-electron chi connectivity index (χ0n) is 19.8. The van der Waals surface area contributed by atoms with Crippen molar-refractivity contribution in [1.29, 1.82) is 5.26 Å². The van der Waals surface area contributed by atoms with E-state index in [2.05, 4.69) is 4.99 Å². The van der Waals surface area contributed by atoms with E-state index in [0.717, 1.165) is 0 Å². The highest BCUT2D eigenvalue weighted by molar-refractivity contribution is 7.85. The maximum absolute atomic E-state index is 14.7. The van der Waals surface area contributed by atoms with Crippen molar-refractivity contribution in [2.45, 2.75) is 12.1 Å². The molecule has 1 heterocycles. The molecule has 1 amide bonds. The van der Waals surface area contributed by atoms with Crippen LogP contribution in [-0.2, 0) is 31.8 Å². The molecule has 4 rings (SSSR count). The van der Waals surface area contributed by atoms with E-state index in [1.165, 1.54) is 30.1 Å². The molecule has 1 aliphatic heterocycles. The lowest BCUT2D eigenvalue weighted by Gasteiger charge is -2.27. The Balaban J connectivity index is 1.73. The fourth-order valence-corrected chi connectivity index (χ4v) is 4.44. The fraction of sp³-hybridized carbons (Fsp3) is 0.192. The van der Waals surface area contributed by atoms with Crippen LogP contribution in [0.1, 0.15) is 22.3 Å². The second-order valence-corrected chi connectivity index (χ2v) is 10.0. The number of guanidine groups is 1. The van der Waals surface area contributed by atoms with Crippen LogP contribution < -0.4 is 5.73 Å². The third-order valence-corrected chi connectivity index (χ3v) is 6.74. The molecule has 1 atom stereocenters. The monoisotopic (exact) mass is 522 g/mol. The Morgan fingerprint density at radius 1 is 1.14 bits per heavy atom. The van der Waals surface area contributed by atoms with Gasteiger partial charge in [-0.2, -0.15) is 13.7 Å². The number of likely N-dealkylation sites (N-methyl/N-ethyl adjacent to an activating group) is 1. The number of rotatable bonds is 8. The summed E-state index contributed by atoms with van der Waals surface area (Å²) in [6.07, 6.45) is 0. The molecule has 0 fully saturated rings. The third-order valence-electron chi connectivity index (χ3n) is 6.05. The Morgan fingerprint density at radius 3 is 2.49 bits per heavy atom. The van der Waals surface area contributed by atoms with Gasteiger partial charge in [0.1, 0.15) is 5.82 Å². The van der Waals surface area contributed by atoms with E-state index in [1.54, 1.807) is 48.5 Å². The minimum Gasteiger partial charge on any atom is -0.376 e. The van der Waals surface area contributed by atoms with Crippen molar-refractivity contribution in [2.24, 2.45) is 10.7 Å². The highest BCUT2D eigenvalue weighted by atomic mass is 32.2. The van der Waals surface area contributed by atoms with Crippen molar-refractivity contribution in [3.8, 4) is 17.2 Å². The number of hydrogen-bond donors (Lipinski definition) is 2. The Hall–Kier alpha value is -4.11. The highest BCUT2D eigenvalue weighted by Crippen LogP contribution is 2.41. The van der Waals surface area contributed by atoms with Gasteiger partial charge in [-0.05, 0) is 46.5 Å². The summed E-state index contributed by atoms with van der Waals surface area (Å²) in [6, 6.07) is 19.6. The number of nitrogens with zero attached hydrogens (tertiary/aromatic N) is 3. The summed E-state index contributed by atoms with van der Waals surface area (Å²) < 4.78 is 50.4. The number of hydrogen-bond acceptors (Lipinski definition) is 7. The molecule has 0 saturated heterocycles. The highest BCUT2D eigenvalue weighted by Gasteiger charge is 2.49. The first-order chi connectivity index (χ1) is 17.5. The van der Waals surface area contributed by atoms with Gasteiger partial charge in [0.15, 0.2) is 11.5 Å². The standard InChI is InChI=1S/C26H23FN4O5S/c1-31-24(32)26(30-25(31)29,20-8-5-17(6-9-20)16-36-11-12-37(33,34)35)21-4-2-3-19(14-21)22-13-18(15-28)7-10-23(22)27/h2-10,13-14H,11-12,16H2,1H3,(H2,29,30)(H,33,34,35). The van der Waals surface area contributed by atoms with Gasteiger partial charge in [-0.15, -0.1) is 0 Å². The predicted octanol–water partition coefficient (Wildman–Crippen LogP) is 2.80. The smallest absolute Gasteiger partial charge is 0.267 e. The van der Waals surface area contributed by atoms with Crippen LogP contribution in [0.4, 0.5) is 4.39 Å². The van der Waals surface area contributed by atoms with E-state index in [1.807, 2.05) is 6.07 Å². The number of nitrogens with two attached hydrogens (primary N) is 1. The number of aliphatic imine (C=N–C) groups is 1. The van der Waals surface area contributed by atoms with E-state index in [-0.39, 0.29) is 24.7 Å². The molecule has 3 aromatic rings. The lowest BCUT2D eigenvalue weighted by molar-refractivity contribution is -0.129. The normalized spacial score (nSPS) is 17.5. The predicted molar refractivity (Wildman–Crippen MR) is 134 cm³/mol. The molecule has 190 valence electrons. The molecule has 1 aliphatic rings. The van der Waals surface area contributed by atoms with Gasteiger partial charge in [0, 0.05) is 12.6 Å². The molecule has 0 saturated carbocycles. The quantitative estimate of drug-likeness (QED) is 0.342. The maximum Gasteiger partial charge on any atom is 0.267 e. The van der Waals surface area contributed by atoms with Crippen LogP contribution in [-0.4, -0.2) is 49.1 Å². The Morgan fingerprint density at radius 2 is 1.86 bits per heavy atom. The van der Waals surface area contributed by atoms with Crippen LogP contribution in [0, 0.1) is 17.1 Å². The summed E-state index contributed by atoms with van der Waals surface area (Å²) in [5.41, 5.74) is 7.16. The van der Waals surface area contributed by atoms with Gasteiger partial charge in [-0.25, -0.2) is 9.38 Å². The van der Waals surface area contributed by atoms with Crippen molar-refractivity contribution in [2.75, 3.05) is 19.4 Å². The minimum absolute atomic E-state index is 0.0192. The molecular weight excluding hydrogens is 499 g/mol. The van der Waals surface area contributed by atoms with Crippen LogP contribution in [0.5, 0.6) is 0 Å². The first-order valence-electron chi connectivity index (χ1n) is 11.1. The number of carbonyl (C=O) groups is 1. The van der Waals surface area contributed by atoms with Gasteiger partial charge in [-0.1, -0.05) is 42.5 Å². The minimum atomic E-state index is -4.12. The molecular formula is C26H23FN4O5S. The van der Waals surface area contributed by atoms with Gasteiger partial charge in [0.05, 0.1) is 30.6 Å². The Kier molecular flexibility index (Phi) is 7.09. The molecule has 0 radical (unpaired) electrons. The first kappa shape index (κ1) is 26.0. The van der Waals surface area contributed by atoms with Crippen LogP contribution in [0.15, 0.2) is 71.7 Å². The Bertz CT molecular complexity index is 1530. The molecule has 37 heavy (non-hydrogen) atoms. The van der Waals surface area contributed by atoms with Crippen LogP contribution >= 0.6 is 0 Å². The maximum atomic E-state index is 14.7. The van der Waals surface area contributed by atoms with Gasteiger partial charge >= 0.3 is 0 Å². The van der Waals surface area contributed by atoms with E-state index < -0.39 is 33.1 Å². The number of halogens is 1. The van der Waals surface area contributed by atoms with Crippen molar-refractivity contribution in [3.63, 3.8) is 0 Å². The zero-order valence-corrected chi connectivity index (χ0v) is 20.6. The molecule has 1 unspecified atom stereocenters. The van der Waals surface area contributed by atoms with Crippen molar-refractivity contribution >= 4 is 22.0 Å². The number of carbonyl (C=O) groups excluding carboxylic acids is 1. The topological polar surface area (TPSA) is 146 Å². The van der Waals surface area contributed by atoms with Gasteiger partial charge in [0.25, 0.3) is 16.0 Å². The third kappa shape index (κ3) is 5.22. The fourth-order valence-electron chi connectivity index (χ4n) is 4.11. The Labute approximate surface area is 213 Å². The summed E-state index contributed by atoms with van der Waals surface area (Å²) in [6.45, 7) is -0.0863. The van der Waals surface area contributed by atoms with Crippen LogP contribution in [0.3, 0.4) is 0 Å². The summed E-state index contributed by atoms with van der Waals surface area (Å²) >= 11 is 0. The van der Waals surface area contributed by atoms with E-state index in [9.17, 15) is 22.9 Å². The van der Waals surface area contributed by atoms with Crippen LogP contribution in [0.25, 0.3) is 11.1 Å². The lowest BCUT2D eigenvalue weighted by Crippen LogP contribution is -2.41. The van der Waals surface area contributed by atoms with E-state index in [0.29, 0.717) is 27.8 Å². The molecule has 0 spiro atoms. The molecule has 11 heteroatoms. The lowest BCUT2D eigenvalue weighted by atomic mass is 9.81. The van der Waals surface area contributed by atoms with Crippen molar-refractivity contribution in [1.82, 2.24) is 4.90 Å². The zero-order chi connectivity index (χ0) is 26.8. The average Bonchev–Trinajstić information content (AvgIpc) is 3.11. The summed E-state index contributed by atoms with van der Waals surface area (Å²) in [7, 11) is -2.60. The molecule has 9 nitrogen and oxygen atoms in total. The van der Waals surface area contributed by atoms with Gasteiger partial charge in [-0.3, -0.25) is 14.2 Å². The summed E-state index contributed by atoms with van der Waals surface area (Å²) in [5, 5.41) is 9.23. The van der Waals surface area contributed by atoms with Gasteiger partial charge in [0.2, 0.25) is 0 Å². The number of ether oxygens (including phenoxy) is 1. The first-order valence-corrected chi connectivity index (χ1v) is 12.7. The van der Waals surface area contributed by atoms with E-state index >= 15 is 0 Å². The summed E-state index contributed by atoms with van der Waals surface area (Å²) in [4.78, 5) is 19.3. The summed E-state index contributed by atoms with van der Waals surface area (Å²) in [5.74, 6) is -1.41. The SMILES string of the molecule is CN1C(=O)C(c2ccc(COCCS(=O)(=O)O)cc2)(c2cccc(-c3cc(C#N)ccc3F)c2)N=C1N. The molecule has 0 bridgehead atoms. The molecule has 3 aromatic carbocycles. The molecule has 3 N–H and O–H groups in total. The van der Waals surface area contributed by atoms with Gasteiger partial charge < -0.3 is 10.5 Å². The molecule has 0 aliphatic carbocycles. The molecule has 0 aromatic heterocycles. The largest absolute Gasteiger partial charge is 0.376 e. The number of nitriles is 1. The second-order valence-electron chi connectivity index (χ2n) is 8.47. The van der Waals surface area contributed by atoms with Crippen LogP contribution in [0.2, 0.25) is 0 Å². The average molecular weight is 523 g/mol. The second kappa shape index (κ2) is 10.1. The van der Waals surface area contributed by atoms with Crippen molar-refractivity contribution in [3.05, 3.63) is 94.8 Å². The number of amides is 1. The van der Waals surface area contributed by atoms with E-state index in [4.69, 9.17) is 15.0 Å².